The molecule has 1 heterocycles. The Bertz CT molecular complexity index is 306. The average molecular weight is 216 g/mol. The number of ether oxygens (including phenoxy) is 1. The second-order valence-electron chi connectivity index (χ2n) is 3.12. The highest BCUT2D eigenvalue weighted by atomic mass is 35.5. The summed E-state index contributed by atoms with van der Waals surface area (Å²) in [4.78, 5) is 7.64. The van der Waals surface area contributed by atoms with E-state index >= 15 is 0 Å². The number of anilines is 1. The summed E-state index contributed by atoms with van der Waals surface area (Å²) in [6, 6.07) is 0. The van der Waals surface area contributed by atoms with Crippen LogP contribution < -0.4 is 10.5 Å². The molecule has 1 atom stereocenters. The van der Waals surface area contributed by atoms with E-state index in [0.29, 0.717) is 11.6 Å². The zero-order valence-electron chi connectivity index (χ0n) is 8.33. The van der Waals surface area contributed by atoms with Crippen molar-refractivity contribution in [1.29, 1.82) is 0 Å². The molecule has 0 spiro atoms. The summed E-state index contributed by atoms with van der Waals surface area (Å²) in [5, 5.41) is 0.151. The molecule has 1 aromatic rings. The van der Waals surface area contributed by atoms with Crippen LogP contribution in [-0.4, -0.2) is 16.1 Å². The van der Waals surface area contributed by atoms with Crippen LogP contribution in [-0.2, 0) is 0 Å². The van der Waals surface area contributed by atoms with Gasteiger partial charge in [-0.2, -0.15) is 4.98 Å². The quantitative estimate of drug-likeness (QED) is 0.783. The zero-order chi connectivity index (χ0) is 10.6. The third-order valence-corrected chi connectivity index (χ3v) is 1.94. The monoisotopic (exact) mass is 215 g/mol. The SMILES string of the molecule is CCCC(C)Oc1nc(Cl)ncc1N. The highest BCUT2D eigenvalue weighted by molar-refractivity contribution is 6.28. The molecule has 78 valence electrons. The van der Waals surface area contributed by atoms with Crippen molar-refractivity contribution in [2.24, 2.45) is 0 Å². The molecule has 0 aliphatic heterocycles. The highest BCUT2D eigenvalue weighted by Crippen LogP contribution is 2.20. The van der Waals surface area contributed by atoms with Crippen LogP contribution in [0.3, 0.4) is 0 Å². The van der Waals surface area contributed by atoms with E-state index < -0.39 is 0 Å². The molecule has 1 unspecified atom stereocenters. The molecule has 14 heavy (non-hydrogen) atoms. The molecule has 0 bridgehead atoms. The first-order valence-electron chi connectivity index (χ1n) is 4.58. The molecule has 0 saturated carbocycles. The summed E-state index contributed by atoms with van der Waals surface area (Å²) in [5.41, 5.74) is 6.04. The molecule has 0 aromatic carbocycles. The van der Waals surface area contributed by atoms with Crippen molar-refractivity contribution in [2.45, 2.75) is 32.8 Å². The standard InChI is InChI=1S/C9H14ClN3O/c1-3-4-6(2)14-8-7(11)5-12-9(10)13-8/h5-6H,3-4,11H2,1-2H3. The van der Waals surface area contributed by atoms with Crippen LogP contribution in [0.5, 0.6) is 5.88 Å². The van der Waals surface area contributed by atoms with Gasteiger partial charge in [0.05, 0.1) is 12.3 Å². The Morgan fingerprint density at radius 3 is 3.00 bits per heavy atom. The molecular formula is C9H14ClN3O. The van der Waals surface area contributed by atoms with E-state index in [4.69, 9.17) is 22.1 Å². The Labute approximate surface area is 88.5 Å². The maximum Gasteiger partial charge on any atom is 0.241 e. The molecule has 1 aromatic heterocycles. The van der Waals surface area contributed by atoms with Crippen LogP contribution in [0.15, 0.2) is 6.20 Å². The number of nitrogen functional groups attached to an aromatic ring is 1. The van der Waals surface area contributed by atoms with Crippen molar-refractivity contribution in [1.82, 2.24) is 9.97 Å². The van der Waals surface area contributed by atoms with Crippen LogP contribution in [0.1, 0.15) is 26.7 Å². The van der Waals surface area contributed by atoms with Gasteiger partial charge in [-0.1, -0.05) is 13.3 Å². The number of nitrogens with zero attached hydrogens (tertiary/aromatic N) is 2. The molecule has 0 fully saturated rings. The smallest absolute Gasteiger partial charge is 0.241 e. The molecule has 0 amide bonds. The Morgan fingerprint density at radius 1 is 1.64 bits per heavy atom. The van der Waals surface area contributed by atoms with Gasteiger partial charge < -0.3 is 10.5 Å². The van der Waals surface area contributed by atoms with Crippen molar-refractivity contribution in [2.75, 3.05) is 5.73 Å². The van der Waals surface area contributed by atoms with E-state index in [-0.39, 0.29) is 11.4 Å². The molecule has 1 rings (SSSR count). The Hall–Kier alpha value is -1.03. The third-order valence-electron chi connectivity index (χ3n) is 1.76. The summed E-state index contributed by atoms with van der Waals surface area (Å²) in [6.07, 6.45) is 3.55. The number of rotatable bonds is 4. The predicted octanol–water partition coefficient (Wildman–Crippen LogP) is 2.28. The topological polar surface area (TPSA) is 61.0 Å². The van der Waals surface area contributed by atoms with E-state index in [9.17, 15) is 0 Å². The average Bonchev–Trinajstić information content (AvgIpc) is 2.12. The number of hydrogen-bond donors (Lipinski definition) is 1. The van der Waals surface area contributed by atoms with E-state index in [0.717, 1.165) is 12.8 Å². The number of halogens is 1. The summed E-state index contributed by atoms with van der Waals surface area (Å²) in [7, 11) is 0. The summed E-state index contributed by atoms with van der Waals surface area (Å²) >= 11 is 5.62. The minimum absolute atomic E-state index is 0.0910. The van der Waals surface area contributed by atoms with Crippen molar-refractivity contribution < 1.29 is 4.74 Å². The normalized spacial score (nSPS) is 12.5. The van der Waals surface area contributed by atoms with Crippen molar-refractivity contribution in [3.8, 4) is 5.88 Å². The first-order chi connectivity index (χ1) is 6.63. The summed E-state index contributed by atoms with van der Waals surface area (Å²) < 4.78 is 5.51. The van der Waals surface area contributed by atoms with Crippen LogP contribution >= 0.6 is 11.6 Å². The second-order valence-corrected chi connectivity index (χ2v) is 3.45. The zero-order valence-corrected chi connectivity index (χ0v) is 9.08. The van der Waals surface area contributed by atoms with E-state index in [1.54, 1.807) is 0 Å². The maximum absolute atomic E-state index is 5.63. The Kier molecular flexibility index (Phi) is 3.95. The number of aromatic nitrogens is 2. The molecule has 0 aliphatic carbocycles. The number of hydrogen-bond acceptors (Lipinski definition) is 4. The van der Waals surface area contributed by atoms with Gasteiger partial charge in [0.15, 0.2) is 0 Å². The summed E-state index contributed by atoms with van der Waals surface area (Å²) in [6.45, 7) is 4.06. The van der Waals surface area contributed by atoms with Crippen LogP contribution in [0.25, 0.3) is 0 Å². The largest absolute Gasteiger partial charge is 0.473 e. The van der Waals surface area contributed by atoms with E-state index in [1.807, 2.05) is 6.92 Å². The Balaban J connectivity index is 2.70. The first kappa shape index (κ1) is 11.0. The molecule has 0 aliphatic rings. The lowest BCUT2D eigenvalue weighted by molar-refractivity contribution is 0.202. The van der Waals surface area contributed by atoms with Gasteiger partial charge in [0.2, 0.25) is 11.2 Å². The first-order valence-corrected chi connectivity index (χ1v) is 4.96. The van der Waals surface area contributed by atoms with Gasteiger partial charge in [0.25, 0.3) is 0 Å². The van der Waals surface area contributed by atoms with Crippen LogP contribution in [0, 0.1) is 0 Å². The Morgan fingerprint density at radius 2 is 2.36 bits per heavy atom. The minimum Gasteiger partial charge on any atom is -0.473 e. The molecule has 0 saturated heterocycles. The molecule has 5 heteroatoms. The van der Waals surface area contributed by atoms with E-state index in [2.05, 4.69) is 16.9 Å². The molecule has 2 N–H and O–H groups in total. The lowest BCUT2D eigenvalue weighted by Gasteiger charge is -2.13. The van der Waals surface area contributed by atoms with Crippen molar-refractivity contribution in [3.63, 3.8) is 0 Å². The third kappa shape index (κ3) is 3.03. The van der Waals surface area contributed by atoms with Crippen molar-refractivity contribution in [3.05, 3.63) is 11.5 Å². The fourth-order valence-electron chi connectivity index (χ4n) is 1.11. The van der Waals surface area contributed by atoms with Gasteiger partial charge >= 0.3 is 0 Å². The summed E-state index contributed by atoms with van der Waals surface area (Å²) in [5.74, 6) is 0.367. The predicted molar refractivity (Wildman–Crippen MR) is 56.5 cm³/mol. The lowest BCUT2D eigenvalue weighted by Crippen LogP contribution is -2.13. The number of nitrogens with two attached hydrogens (primary N) is 1. The molecule has 0 radical (unpaired) electrons. The fraction of sp³-hybridized carbons (Fsp3) is 0.556. The van der Waals surface area contributed by atoms with Crippen molar-refractivity contribution >= 4 is 17.3 Å². The lowest BCUT2D eigenvalue weighted by atomic mass is 10.2. The fourth-order valence-corrected chi connectivity index (χ4v) is 1.23. The van der Waals surface area contributed by atoms with Gasteiger partial charge in [-0.25, -0.2) is 4.98 Å². The second kappa shape index (κ2) is 5.00. The van der Waals surface area contributed by atoms with E-state index in [1.165, 1.54) is 6.20 Å². The molecule has 4 nitrogen and oxygen atoms in total. The van der Waals surface area contributed by atoms with Gasteiger partial charge in [-0.3, -0.25) is 0 Å². The van der Waals surface area contributed by atoms with Gasteiger partial charge in [0, 0.05) is 0 Å². The van der Waals surface area contributed by atoms with Crippen LogP contribution in [0.2, 0.25) is 5.28 Å². The van der Waals surface area contributed by atoms with Crippen LogP contribution in [0.4, 0.5) is 5.69 Å². The van der Waals surface area contributed by atoms with Gasteiger partial charge in [-0.15, -0.1) is 0 Å². The molecular weight excluding hydrogens is 202 g/mol. The highest BCUT2D eigenvalue weighted by Gasteiger charge is 2.08. The van der Waals surface area contributed by atoms with Gasteiger partial charge in [0.1, 0.15) is 5.69 Å². The van der Waals surface area contributed by atoms with Gasteiger partial charge in [-0.05, 0) is 24.9 Å². The maximum atomic E-state index is 5.63. The minimum atomic E-state index is 0.0910.